The first kappa shape index (κ1) is 11.6. The molecule has 1 fully saturated rings. The standard InChI is InChI=1S/C13H23N3/c1-2-4-12-5-3-7-16(8-6-12)10-13-9-14-11-15-13/h9,11-12H,2-8,10H2,1H3,(H,14,15). The van der Waals surface area contributed by atoms with Crippen LogP contribution in [0.5, 0.6) is 0 Å². The van der Waals surface area contributed by atoms with Gasteiger partial charge in [-0.15, -0.1) is 0 Å². The maximum Gasteiger partial charge on any atom is 0.0922 e. The number of aromatic amines is 1. The molecular formula is C13H23N3. The number of nitrogens with zero attached hydrogens (tertiary/aromatic N) is 2. The SMILES string of the molecule is CCCC1CCCN(Cc2cnc[nH]2)CC1. The molecule has 1 aromatic heterocycles. The Morgan fingerprint density at radius 1 is 1.44 bits per heavy atom. The van der Waals surface area contributed by atoms with Crippen LogP contribution in [0.3, 0.4) is 0 Å². The van der Waals surface area contributed by atoms with Crippen LogP contribution in [-0.2, 0) is 6.54 Å². The van der Waals surface area contributed by atoms with Crippen LogP contribution in [0.2, 0.25) is 0 Å². The molecule has 2 heterocycles. The molecule has 90 valence electrons. The monoisotopic (exact) mass is 221 g/mol. The zero-order chi connectivity index (χ0) is 11.2. The van der Waals surface area contributed by atoms with Gasteiger partial charge in [0.1, 0.15) is 0 Å². The van der Waals surface area contributed by atoms with Gasteiger partial charge in [-0.2, -0.15) is 0 Å². The highest BCUT2D eigenvalue weighted by Crippen LogP contribution is 2.22. The van der Waals surface area contributed by atoms with Crippen LogP contribution in [0.15, 0.2) is 12.5 Å². The Morgan fingerprint density at radius 3 is 3.12 bits per heavy atom. The normalized spacial score (nSPS) is 23.2. The quantitative estimate of drug-likeness (QED) is 0.848. The molecule has 0 aromatic carbocycles. The van der Waals surface area contributed by atoms with Crippen molar-refractivity contribution in [2.24, 2.45) is 5.92 Å². The molecular weight excluding hydrogens is 198 g/mol. The summed E-state index contributed by atoms with van der Waals surface area (Å²) in [6.07, 6.45) is 10.6. The average Bonchev–Trinajstić information content (AvgIpc) is 2.68. The minimum absolute atomic E-state index is 0.969. The molecule has 0 radical (unpaired) electrons. The van der Waals surface area contributed by atoms with Crippen LogP contribution < -0.4 is 0 Å². The molecule has 1 unspecified atom stereocenters. The van der Waals surface area contributed by atoms with Gasteiger partial charge in [-0.3, -0.25) is 4.90 Å². The number of aromatic nitrogens is 2. The van der Waals surface area contributed by atoms with E-state index in [9.17, 15) is 0 Å². The Morgan fingerprint density at radius 2 is 2.38 bits per heavy atom. The maximum atomic E-state index is 4.07. The number of rotatable bonds is 4. The lowest BCUT2D eigenvalue weighted by Gasteiger charge is -2.19. The lowest BCUT2D eigenvalue weighted by atomic mass is 9.96. The van der Waals surface area contributed by atoms with Crippen LogP contribution >= 0.6 is 0 Å². The van der Waals surface area contributed by atoms with Gasteiger partial charge in [0.15, 0.2) is 0 Å². The molecule has 1 atom stereocenters. The first-order valence-electron chi connectivity index (χ1n) is 6.58. The Kier molecular flexibility index (Phi) is 4.40. The van der Waals surface area contributed by atoms with Crippen LogP contribution in [0, 0.1) is 5.92 Å². The van der Waals surface area contributed by atoms with E-state index >= 15 is 0 Å². The zero-order valence-corrected chi connectivity index (χ0v) is 10.3. The number of nitrogens with one attached hydrogen (secondary N) is 1. The highest BCUT2D eigenvalue weighted by molar-refractivity contribution is 4.94. The number of hydrogen-bond donors (Lipinski definition) is 1. The molecule has 3 heteroatoms. The van der Waals surface area contributed by atoms with Crippen molar-refractivity contribution in [3.05, 3.63) is 18.2 Å². The van der Waals surface area contributed by atoms with E-state index in [0.717, 1.165) is 12.5 Å². The van der Waals surface area contributed by atoms with Crippen LogP contribution in [-0.4, -0.2) is 28.0 Å². The van der Waals surface area contributed by atoms with Crippen LogP contribution in [0.4, 0.5) is 0 Å². The maximum absolute atomic E-state index is 4.07. The fourth-order valence-corrected chi connectivity index (χ4v) is 2.69. The molecule has 0 saturated carbocycles. The fourth-order valence-electron chi connectivity index (χ4n) is 2.69. The number of imidazole rings is 1. The Balaban J connectivity index is 1.80. The largest absolute Gasteiger partial charge is 0.347 e. The summed E-state index contributed by atoms with van der Waals surface area (Å²) in [5.74, 6) is 0.969. The van der Waals surface area contributed by atoms with E-state index in [0.29, 0.717) is 0 Å². The Hall–Kier alpha value is -0.830. The molecule has 1 N–H and O–H groups in total. The van der Waals surface area contributed by atoms with Gasteiger partial charge in [0, 0.05) is 18.4 Å². The van der Waals surface area contributed by atoms with Crippen molar-refractivity contribution in [1.29, 1.82) is 0 Å². The van der Waals surface area contributed by atoms with Gasteiger partial charge in [-0.25, -0.2) is 4.98 Å². The summed E-state index contributed by atoms with van der Waals surface area (Å²) in [5, 5.41) is 0. The first-order valence-corrected chi connectivity index (χ1v) is 6.58. The zero-order valence-electron chi connectivity index (χ0n) is 10.3. The highest BCUT2D eigenvalue weighted by Gasteiger charge is 2.16. The Bertz CT molecular complexity index is 281. The molecule has 3 nitrogen and oxygen atoms in total. The smallest absolute Gasteiger partial charge is 0.0922 e. The van der Waals surface area contributed by atoms with Gasteiger partial charge in [-0.05, 0) is 38.3 Å². The first-order chi connectivity index (χ1) is 7.88. The van der Waals surface area contributed by atoms with Crippen molar-refractivity contribution in [2.75, 3.05) is 13.1 Å². The molecule has 0 aliphatic carbocycles. The van der Waals surface area contributed by atoms with Crippen molar-refractivity contribution in [2.45, 2.75) is 45.6 Å². The molecule has 1 saturated heterocycles. The van der Waals surface area contributed by atoms with Crippen LogP contribution in [0.1, 0.15) is 44.7 Å². The second kappa shape index (κ2) is 6.04. The van der Waals surface area contributed by atoms with E-state index in [1.807, 2.05) is 6.20 Å². The van der Waals surface area contributed by atoms with Crippen molar-refractivity contribution in [3.8, 4) is 0 Å². The average molecular weight is 221 g/mol. The summed E-state index contributed by atoms with van der Waals surface area (Å²) >= 11 is 0. The second-order valence-corrected chi connectivity index (χ2v) is 4.94. The summed E-state index contributed by atoms with van der Waals surface area (Å²) in [6.45, 7) is 5.84. The fraction of sp³-hybridized carbons (Fsp3) is 0.769. The molecule has 1 aliphatic rings. The predicted molar refractivity (Wildman–Crippen MR) is 66.1 cm³/mol. The number of H-pyrrole nitrogens is 1. The Labute approximate surface area is 98.3 Å². The molecule has 0 spiro atoms. The van der Waals surface area contributed by atoms with Crippen molar-refractivity contribution in [1.82, 2.24) is 14.9 Å². The summed E-state index contributed by atoms with van der Waals surface area (Å²) in [4.78, 5) is 9.82. The summed E-state index contributed by atoms with van der Waals surface area (Å²) in [7, 11) is 0. The van der Waals surface area contributed by atoms with Crippen molar-refractivity contribution < 1.29 is 0 Å². The van der Waals surface area contributed by atoms with Crippen LogP contribution in [0.25, 0.3) is 0 Å². The van der Waals surface area contributed by atoms with Gasteiger partial charge in [0.05, 0.1) is 6.33 Å². The third-order valence-electron chi connectivity index (χ3n) is 3.59. The third-order valence-corrected chi connectivity index (χ3v) is 3.59. The minimum Gasteiger partial charge on any atom is -0.347 e. The molecule has 0 amide bonds. The van der Waals surface area contributed by atoms with E-state index < -0.39 is 0 Å². The van der Waals surface area contributed by atoms with Crippen molar-refractivity contribution >= 4 is 0 Å². The van der Waals surface area contributed by atoms with E-state index in [-0.39, 0.29) is 0 Å². The predicted octanol–water partition coefficient (Wildman–Crippen LogP) is 2.81. The highest BCUT2D eigenvalue weighted by atomic mass is 15.1. The van der Waals surface area contributed by atoms with Gasteiger partial charge in [0.25, 0.3) is 0 Å². The van der Waals surface area contributed by atoms with E-state index in [2.05, 4.69) is 21.8 Å². The van der Waals surface area contributed by atoms with Crippen molar-refractivity contribution in [3.63, 3.8) is 0 Å². The summed E-state index contributed by atoms with van der Waals surface area (Å²) in [6, 6.07) is 0. The molecule has 16 heavy (non-hydrogen) atoms. The van der Waals surface area contributed by atoms with E-state index in [1.54, 1.807) is 6.33 Å². The third kappa shape index (κ3) is 3.34. The van der Waals surface area contributed by atoms with Gasteiger partial charge in [0.2, 0.25) is 0 Å². The molecule has 2 rings (SSSR count). The second-order valence-electron chi connectivity index (χ2n) is 4.94. The van der Waals surface area contributed by atoms with Gasteiger partial charge < -0.3 is 4.98 Å². The lowest BCUT2D eigenvalue weighted by Crippen LogP contribution is -2.24. The van der Waals surface area contributed by atoms with Gasteiger partial charge >= 0.3 is 0 Å². The molecule has 1 aliphatic heterocycles. The van der Waals surface area contributed by atoms with E-state index in [1.165, 1.54) is 50.9 Å². The lowest BCUT2D eigenvalue weighted by molar-refractivity contribution is 0.268. The molecule has 0 bridgehead atoms. The minimum atomic E-state index is 0.969. The summed E-state index contributed by atoms with van der Waals surface area (Å²) in [5.41, 5.74) is 1.24. The topological polar surface area (TPSA) is 31.9 Å². The van der Waals surface area contributed by atoms with E-state index in [4.69, 9.17) is 0 Å². The van der Waals surface area contributed by atoms with Gasteiger partial charge in [-0.1, -0.05) is 19.8 Å². The number of likely N-dealkylation sites (tertiary alicyclic amines) is 1. The number of hydrogen-bond acceptors (Lipinski definition) is 2. The molecule has 1 aromatic rings. The summed E-state index contributed by atoms with van der Waals surface area (Å²) < 4.78 is 0.